The first-order valence-electron chi connectivity index (χ1n) is 8.90. The van der Waals surface area contributed by atoms with E-state index in [-0.39, 0.29) is 18.4 Å². The van der Waals surface area contributed by atoms with Crippen LogP contribution in [0.15, 0.2) is 30.7 Å². The van der Waals surface area contributed by atoms with E-state index in [0.29, 0.717) is 18.7 Å². The van der Waals surface area contributed by atoms with Crippen molar-refractivity contribution in [2.75, 3.05) is 19.7 Å². The first-order chi connectivity index (χ1) is 12.7. The Morgan fingerprint density at radius 3 is 3.12 bits per heavy atom. The highest BCUT2D eigenvalue weighted by Crippen LogP contribution is 2.27. The Hall–Kier alpha value is -2.74. The van der Waals surface area contributed by atoms with Gasteiger partial charge in [0.25, 0.3) is 5.91 Å². The van der Waals surface area contributed by atoms with Crippen molar-refractivity contribution in [1.82, 2.24) is 29.3 Å². The van der Waals surface area contributed by atoms with E-state index in [4.69, 9.17) is 5.11 Å². The maximum absolute atomic E-state index is 13.1. The van der Waals surface area contributed by atoms with Gasteiger partial charge in [-0.25, -0.2) is 9.50 Å². The minimum Gasteiger partial charge on any atom is -0.394 e. The molecule has 4 rings (SSSR count). The normalized spacial score (nSPS) is 17.8. The fourth-order valence-corrected chi connectivity index (χ4v) is 3.60. The lowest BCUT2D eigenvalue weighted by molar-refractivity contribution is 0.0703. The summed E-state index contributed by atoms with van der Waals surface area (Å²) in [5.74, 6) is 0.209. The molecule has 8 nitrogen and oxygen atoms in total. The van der Waals surface area contributed by atoms with Crippen LogP contribution in [0.3, 0.4) is 0 Å². The van der Waals surface area contributed by atoms with Crippen molar-refractivity contribution in [1.29, 1.82) is 0 Å². The molecule has 0 spiro atoms. The van der Waals surface area contributed by atoms with E-state index in [1.165, 1.54) is 0 Å². The lowest BCUT2D eigenvalue weighted by Crippen LogP contribution is -2.39. The summed E-state index contributed by atoms with van der Waals surface area (Å²) in [7, 11) is 0. The maximum Gasteiger partial charge on any atom is 0.257 e. The van der Waals surface area contributed by atoms with E-state index in [0.717, 1.165) is 36.4 Å². The molecule has 0 radical (unpaired) electrons. The first-order valence-corrected chi connectivity index (χ1v) is 8.90. The molecule has 1 fully saturated rings. The molecule has 8 heteroatoms. The second-order valence-electron chi connectivity index (χ2n) is 6.68. The number of aromatic nitrogens is 5. The quantitative estimate of drug-likeness (QED) is 0.762. The fraction of sp³-hybridized carbons (Fsp3) is 0.444. The Balaban J connectivity index is 1.54. The predicted molar refractivity (Wildman–Crippen MR) is 94.9 cm³/mol. The molecule has 1 unspecified atom stereocenters. The SMILES string of the molecule is Cc1c(C(=O)N2CCCC(c3ccn(CCO)n3)C2)cnc2ccnn12. The number of amides is 1. The number of hydrogen-bond acceptors (Lipinski definition) is 5. The molecule has 136 valence electrons. The van der Waals surface area contributed by atoms with Crippen molar-refractivity contribution in [3.63, 3.8) is 0 Å². The van der Waals surface area contributed by atoms with Gasteiger partial charge in [0.15, 0.2) is 5.65 Å². The number of carbonyl (C=O) groups excluding carboxylic acids is 1. The van der Waals surface area contributed by atoms with Crippen LogP contribution in [-0.4, -0.2) is 60.0 Å². The number of aliphatic hydroxyl groups is 1. The third-order valence-corrected chi connectivity index (χ3v) is 5.00. The summed E-state index contributed by atoms with van der Waals surface area (Å²) in [5, 5.41) is 17.8. The molecule has 1 saturated heterocycles. The zero-order chi connectivity index (χ0) is 18.1. The molecular formula is C18H22N6O2. The van der Waals surface area contributed by atoms with Gasteiger partial charge < -0.3 is 10.0 Å². The molecule has 1 atom stereocenters. The van der Waals surface area contributed by atoms with Crippen LogP contribution in [-0.2, 0) is 6.54 Å². The molecule has 0 aliphatic carbocycles. The molecule has 1 aliphatic heterocycles. The molecule has 1 N–H and O–H groups in total. The maximum atomic E-state index is 13.1. The monoisotopic (exact) mass is 354 g/mol. The molecule has 0 bridgehead atoms. The van der Waals surface area contributed by atoms with Crippen LogP contribution in [0.4, 0.5) is 0 Å². The van der Waals surface area contributed by atoms with Crippen LogP contribution in [0.5, 0.6) is 0 Å². The number of aryl methyl sites for hydroxylation is 1. The molecule has 1 amide bonds. The van der Waals surface area contributed by atoms with Crippen molar-refractivity contribution in [3.8, 4) is 0 Å². The number of hydrogen-bond donors (Lipinski definition) is 1. The Morgan fingerprint density at radius 2 is 2.27 bits per heavy atom. The fourth-order valence-electron chi connectivity index (χ4n) is 3.60. The lowest BCUT2D eigenvalue weighted by Gasteiger charge is -2.32. The highest BCUT2D eigenvalue weighted by atomic mass is 16.3. The molecular weight excluding hydrogens is 332 g/mol. The summed E-state index contributed by atoms with van der Waals surface area (Å²) in [6.45, 7) is 3.84. The molecule has 3 aromatic rings. The van der Waals surface area contributed by atoms with Crippen molar-refractivity contribution >= 4 is 11.6 Å². The number of piperidine rings is 1. The molecule has 1 aliphatic rings. The van der Waals surface area contributed by atoms with Gasteiger partial charge >= 0.3 is 0 Å². The zero-order valence-corrected chi connectivity index (χ0v) is 14.7. The standard InChI is InChI=1S/C18H22N6O2/c1-13-15(11-19-17-4-6-20-24(13)17)18(26)22-7-2-3-14(12-22)16-5-8-23(21-16)9-10-25/h4-6,8,11,14,25H,2-3,7,9-10,12H2,1H3. The van der Waals surface area contributed by atoms with Crippen molar-refractivity contribution in [2.24, 2.45) is 0 Å². The van der Waals surface area contributed by atoms with E-state index in [1.54, 1.807) is 21.6 Å². The number of carbonyl (C=O) groups is 1. The van der Waals surface area contributed by atoms with Gasteiger partial charge in [0.05, 0.1) is 36.3 Å². The number of fused-ring (bicyclic) bond motifs is 1. The highest BCUT2D eigenvalue weighted by molar-refractivity contribution is 5.95. The van der Waals surface area contributed by atoms with Gasteiger partial charge in [-0.1, -0.05) is 0 Å². The van der Waals surface area contributed by atoms with Crippen LogP contribution in [0.2, 0.25) is 0 Å². The average Bonchev–Trinajstić information content (AvgIpc) is 3.32. The number of rotatable bonds is 4. The average molecular weight is 354 g/mol. The van der Waals surface area contributed by atoms with Crippen LogP contribution in [0, 0.1) is 6.92 Å². The van der Waals surface area contributed by atoms with Crippen LogP contribution >= 0.6 is 0 Å². The molecule has 4 heterocycles. The van der Waals surface area contributed by atoms with E-state index in [1.807, 2.05) is 30.2 Å². The van der Waals surface area contributed by atoms with Gasteiger partial charge in [0.1, 0.15) is 0 Å². The molecule has 0 aromatic carbocycles. The molecule has 0 saturated carbocycles. The summed E-state index contributed by atoms with van der Waals surface area (Å²) in [6.07, 6.45) is 7.17. The van der Waals surface area contributed by atoms with Gasteiger partial charge in [-0.3, -0.25) is 9.48 Å². The summed E-state index contributed by atoms with van der Waals surface area (Å²) < 4.78 is 3.45. The number of aliphatic hydroxyl groups excluding tert-OH is 1. The molecule has 26 heavy (non-hydrogen) atoms. The van der Waals surface area contributed by atoms with Crippen molar-refractivity contribution < 1.29 is 9.90 Å². The Labute approximate surface area is 151 Å². The van der Waals surface area contributed by atoms with E-state index >= 15 is 0 Å². The van der Waals surface area contributed by atoms with Crippen molar-refractivity contribution in [3.05, 3.63) is 47.7 Å². The third kappa shape index (κ3) is 2.96. The van der Waals surface area contributed by atoms with Gasteiger partial charge in [-0.15, -0.1) is 0 Å². The van der Waals surface area contributed by atoms with E-state index in [9.17, 15) is 4.79 Å². The minimum absolute atomic E-state index is 0.00751. The summed E-state index contributed by atoms with van der Waals surface area (Å²) in [5.41, 5.74) is 3.12. The second-order valence-corrected chi connectivity index (χ2v) is 6.68. The third-order valence-electron chi connectivity index (χ3n) is 5.00. The Morgan fingerprint density at radius 1 is 1.38 bits per heavy atom. The minimum atomic E-state index is -0.00751. The van der Waals surface area contributed by atoms with Gasteiger partial charge in [0, 0.05) is 37.5 Å². The topological polar surface area (TPSA) is 88.5 Å². The number of nitrogens with zero attached hydrogens (tertiary/aromatic N) is 6. The summed E-state index contributed by atoms with van der Waals surface area (Å²) in [6, 6.07) is 3.80. The lowest BCUT2D eigenvalue weighted by atomic mass is 9.94. The first kappa shape index (κ1) is 16.7. The Kier molecular flexibility index (Phi) is 4.42. The van der Waals surface area contributed by atoms with Crippen molar-refractivity contribution in [2.45, 2.75) is 32.2 Å². The largest absolute Gasteiger partial charge is 0.394 e. The Bertz CT molecular complexity index is 931. The van der Waals surface area contributed by atoms with Crippen LogP contribution < -0.4 is 0 Å². The van der Waals surface area contributed by atoms with Gasteiger partial charge in [-0.2, -0.15) is 10.2 Å². The summed E-state index contributed by atoms with van der Waals surface area (Å²) in [4.78, 5) is 19.3. The number of likely N-dealkylation sites (tertiary alicyclic amines) is 1. The van der Waals surface area contributed by atoms with Gasteiger partial charge in [-0.05, 0) is 25.8 Å². The van der Waals surface area contributed by atoms with Crippen LogP contribution in [0.1, 0.15) is 40.5 Å². The van der Waals surface area contributed by atoms with Crippen LogP contribution in [0.25, 0.3) is 5.65 Å². The zero-order valence-electron chi connectivity index (χ0n) is 14.7. The summed E-state index contributed by atoms with van der Waals surface area (Å²) >= 11 is 0. The van der Waals surface area contributed by atoms with E-state index < -0.39 is 0 Å². The second kappa shape index (κ2) is 6.87. The highest BCUT2D eigenvalue weighted by Gasteiger charge is 2.28. The van der Waals surface area contributed by atoms with Gasteiger partial charge in [0.2, 0.25) is 0 Å². The predicted octanol–water partition coefficient (Wildman–Crippen LogP) is 1.25. The van der Waals surface area contributed by atoms with E-state index in [2.05, 4.69) is 15.2 Å². The molecule has 3 aromatic heterocycles. The smallest absolute Gasteiger partial charge is 0.257 e.